The minimum atomic E-state index is 0.534. The Balaban J connectivity index is 2.44. The maximum absolute atomic E-state index is 4.46. The molecule has 1 N–H and O–H groups in total. The van der Waals surface area contributed by atoms with Gasteiger partial charge < -0.3 is 5.32 Å². The highest BCUT2D eigenvalue weighted by molar-refractivity contribution is 4.90. The van der Waals surface area contributed by atoms with Crippen LogP contribution in [0.3, 0.4) is 0 Å². The van der Waals surface area contributed by atoms with E-state index in [4.69, 9.17) is 0 Å². The number of nitrogens with zero attached hydrogens (tertiary/aromatic N) is 3. The molecule has 0 aromatic carbocycles. The summed E-state index contributed by atoms with van der Waals surface area (Å²) >= 11 is 0. The van der Waals surface area contributed by atoms with Gasteiger partial charge in [-0.25, -0.2) is 9.67 Å². The molecule has 0 aliphatic carbocycles. The summed E-state index contributed by atoms with van der Waals surface area (Å²) in [5.41, 5.74) is 0. The predicted molar refractivity (Wildman–Crippen MR) is 89.4 cm³/mol. The van der Waals surface area contributed by atoms with Gasteiger partial charge in [0.2, 0.25) is 0 Å². The van der Waals surface area contributed by atoms with Crippen LogP contribution in [0.4, 0.5) is 0 Å². The van der Waals surface area contributed by atoms with Crippen LogP contribution in [0.5, 0.6) is 0 Å². The lowest BCUT2D eigenvalue weighted by Crippen LogP contribution is -2.32. The summed E-state index contributed by atoms with van der Waals surface area (Å²) in [6.07, 6.45) is 10.7. The van der Waals surface area contributed by atoms with E-state index in [1.54, 1.807) is 6.33 Å². The molecule has 0 saturated carbocycles. The van der Waals surface area contributed by atoms with Crippen LogP contribution >= 0.6 is 0 Å². The normalized spacial score (nSPS) is 13.0. The van der Waals surface area contributed by atoms with Gasteiger partial charge in [0.1, 0.15) is 12.2 Å². The number of hydrogen-bond donors (Lipinski definition) is 1. The molecular weight excluding hydrogens is 260 g/mol. The minimum absolute atomic E-state index is 0.534. The summed E-state index contributed by atoms with van der Waals surface area (Å²) < 4.78 is 2.08. The molecule has 122 valence electrons. The summed E-state index contributed by atoms with van der Waals surface area (Å²) in [7, 11) is 0. The van der Waals surface area contributed by atoms with Crippen molar-refractivity contribution in [3.05, 3.63) is 12.2 Å². The molecule has 0 aliphatic rings. The zero-order valence-corrected chi connectivity index (χ0v) is 14.4. The number of rotatable bonds is 12. The first-order chi connectivity index (χ1) is 10.2. The van der Waals surface area contributed by atoms with Crippen molar-refractivity contribution in [2.45, 2.75) is 85.2 Å². The Labute approximate surface area is 130 Å². The molecule has 0 amide bonds. The second kappa shape index (κ2) is 10.8. The van der Waals surface area contributed by atoms with E-state index in [1.165, 1.54) is 38.5 Å². The molecule has 0 fully saturated rings. The minimum Gasteiger partial charge on any atom is -0.314 e. The first kappa shape index (κ1) is 18.1. The van der Waals surface area contributed by atoms with Crippen molar-refractivity contribution in [2.24, 2.45) is 5.92 Å². The second-order valence-corrected chi connectivity index (χ2v) is 6.41. The average Bonchev–Trinajstić information content (AvgIpc) is 2.85. The molecule has 0 spiro atoms. The van der Waals surface area contributed by atoms with E-state index in [0.717, 1.165) is 25.3 Å². The fourth-order valence-corrected chi connectivity index (χ4v) is 2.72. The van der Waals surface area contributed by atoms with Crippen LogP contribution in [0.1, 0.15) is 72.0 Å². The van der Waals surface area contributed by atoms with Gasteiger partial charge in [-0.05, 0) is 18.9 Å². The fraction of sp³-hybridized carbons (Fsp3) is 0.882. The Bertz CT molecular complexity index is 359. The van der Waals surface area contributed by atoms with Crippen molar-refractivity contribution >= 4 is 0 Å². The number of unbranched alkanes of at least 4 members (excludes halogenated alkanes) is 4. The van der Waals surface area contributed by atoms with Crippen LogP contribution in [-0.4, -0.2) is 27.4 Å². The molecule has 0 bridgehead atoms. The Kier molecular flexibility index (Phi) is 9.31. The maximum Gasteiger partial charge on any atom is 0.138 e. The third kappa shape index (κ3) is 7.60. The zero-order chi connectivity index (χ0) is 15.5. The predicted octanol–water partition coefficient (Wildman–Crippen LogP) is 3.82. The van der Waals surface area contributed by atoms with E-state index >= 15 is 0 Å². The van der Waals surface area contributed by atoms with Crippen molar-refractivity contribution in [1.29, 1.82) is 0 Å². The lowest BCUT2D eigenvalue weighted by atomic mass is 10.0. The standard InChI is InChI=1S/C17H34N4/c1-5-7-8-9-10-11-16(18-6-2)12-17-19-14-20-21(17)13-15(3)4/h14-16,18H,5-13H2,1-4H3. The number of aromatic nitrogens is 3. The fourth-order valence-electron chi connectivity index (χ4n) is 2.72. The Morgan fingerprint density at radius 2 is 1.90 bits per heavy atom. The zero-order valence-electron chi connectivity index (χ0n) is 14.4. The molecule has 0 radical (unpaired) electrons. The van der Waals surface area contributed by atoms with Crippen LogP contribution < -0.4 is 5.32 Å². The van der Waals surface area contributed by atoms with E-state index in [1.807, 2.05) is 0 Å². The van der Waals surface area contributed by atoms with Crippen LogP contribution in [0.25, 0.3) is 0 Å². The number of hydrogen-bond acceptors (Lipinski definition) is 3. The van der Waals surface area contributed by atoms with Gasteiger partial charge in [0.25, 0.3) is 0 Å². The van der Waals surface area contributed by atoms with Crippen LogP contribution in [0.2, 0.25) is 0 Å². The first-order valence-electron chi connectivity index (χ1n) is 8.77. The highest BCUT2D eigenvalue weighted by Crippen LogP contribution is 2.11. The Morgan fingerprint density at radius 1 is 1.14 bits per heavy atom. The molecule has 1 aromatic heterocycles. The maximum atomic E-state index is 4.46. The van der Waals surface area contributed by atoms with Gasteiger partial charge in [-0.3, -0.25) is 0 Å². The summed E-state index contributed by atoms with van der Waals surface area (Å²) in [6, 6.07) is 0.534. The van der Waals surface area contributed by atoms with Gasteiger partial charge in [0.15, 0.2) is 0 Å². The number of nitrogens with one attached hydrogen (secondary N) is 1. The lowest BCUT2D eigenvalue weighted by Gasteiger charge is -2.18. The Hall–Kier alpha value is -0.900. The highest BCUT2D eigenvalue weighted by atomic mass is 15.3. The molecule has 1 rings (SSSR count). The van der Waals surface area contributed by atoms with Crippen molar-refractivity contribution in [3.63, 3.8) is 0 Å². The van der Waals surface area contributed by atoms with E-state index in [-0.39, 0.29) is 0 Å². The molecule has 4 heteroatoms. The third-order valence-corrected chi connectivity index (χ3v) is 3.81. The first-order valence-corrected chi connectivity index (χ1v) is 8.77. The topological polar surface area (TPSA) is 42.7 Å². The van der Waals surface area contributed by atoms with Gasteiger partial charge in [-0.1, -0.05) is 59.8 Å². The largest absolute Gasteiger partial charge is 0.314 e. The van der Waals surface area contributed by atoms with Crippen LogP contribution in [0, 0.1) is 5.92 Å². The summed E-state index contributed by atoms with van der Waals surface area (Å²) in [5.74, 6) is 1.74. The van der Waals surface area contributed by atoms with Gasteiger partial charge in [0, 0.05) is 19.0 Å². The van der Waals surface area contributed by atoms with E-state index in [2.05, 4.69) is 47.8 Å². The van der Waals surface area contributed by atoms with Crippen LogP contribution in [0.15, 0.2) is 6.33 Å². The smallest absolute Gasteiger partial charge is 0.138 e. The Morgan fingerprint density at radius 3 is 2.57 bits per heavy atom. The van der Waals surface area contributed by atoms with Gasteiger partial charge in [-0.2, -0.15) is 5.10 Å². The molecule has 1 aromatic rings. The molecule has 21 heavy (non-hydrogen) atoms. The lowest BCUT2D eigenvalue weighted by molar-refractivity contribution is 0.421. The highest BCUT2D eigenvalue weighted by Gasteiger charge is 2.13. The molecule has 4 nitrogen and oxygen atoms in total. The molecule has 0 saturated heterocycles. The van der Waals surface area contributed by atoms with Gasteiger partial charge in [-0.15, -0.1) is 0 Å². The van der Waals surface area contributed by atoms with Crippen molar-refractivity contribution in [3.8, 4) is 0 Å². The van der Waals surface area contributed by atoms with Crippen molar-refractivity contribution in [1.82, 2.24) is 20.1 Å². The molecular formula is C17H34N4. The van der Waals surface area contributed by atoms with Gasteiger partial charge in [0.05, 0.1) is 0 Å². The summed E-state index contributed by atoms with van der Waals surface area (Å²) in [4.78, 5) is 4.46. The van der Waals surface area contributed by atoms with E-state index in [0.29, 0.717) is 12.0 Å². The monoisotopic (exact) mass is 294 g/mol. The SMILES string of the molecule is CCCCCCCC(Cc1ncnn1CC(C)C)NCC. The summed E-state index contributed by atoms with van der Waals surface area (Å²) in [5, 5.41) is 7.98. The van der Waals surface area contributed by atoms with Gasteiger partial charge >= 0.3 is 0 Å². The molecule has 0 aliphatic heterocycles. The molecule has 1 atom stereocenters. The average molecular weight is 294 g/mol. The van der Waals surface area contributed by atoms with E-state index in [9.17, 15) is 0 Å². The van der Waals surface area contributed by atoms with Crippen molar-refractivity contribution < 1.29 is 0 Å². The number of likely N-dealkylation sites (N-methyl/N-ethyl adjacent to an activating group) is 1. The third-order valence-electron chi connectivity index (χ3n) is 3.81. The van der Waals surface area contributed by atoms with Crippen LogP contribution in [-0.2, 0) is 13.0 Å². The summed E-state index contributed by atoms with van der Waals surface area (Å²) in [6.45, 7) is 10.9. The van der Waals surface area contributed by atoms with Crippen molar-refractivity contribution in [2.75, 3.05) is 6.54 Å². The molecule has 1 unspecified atom stereocenters. The quantitative estimate of drug-likeness (QED) is 0.596. The second-order valence-electron chi connectivity index (χ2n) is 6.41. The molecule has 1 heterocycles. The van der Waals surface area contributed by atoms with E-state index < -0.39 is 0 Å².